The SMILES string of the molecule is CCCNCc1oc2c(C)cc(F)cc2c1C(C)C. The lowest BCUT2D eigenvalue weighted by Crippen LogP contribution is -2.14. The Hall–Kier alpha value is -1.35. The van der Waals surface area contributed by atoms with E-state index in [1.165, 1.54) is 6.07 Å². The summed E-state index contributed by atoms with van der Waals surface area (Å²) in [5.74, 6) is 1.06. The van der Waals surface area contributed by atoms with Crippen molar-refractivity contribution in [1.29, 1.82) is 0 Å². The Labute approximate surface area is 114 Å². The van der Waals surface area contributed by atoms with Crippen LogP contribution in [0.1, 0.15) is 50.0 Å². The molecular weight excluding hydrogens is 241 g/mol. The number of nitrogens with one attached hydrogen (secondary N) is 1. The number of furan rings is 1. The molecule has 0 aliphatic rings. The first-order chi connectivity index (χ1) is 9.04. The quantitative estimate of drug-likeness (QED) is 0.803. The van der Waals surface area contributed by atoms with Crippen LogP contribution in [-0.4, -0.2) is 6.54 Å². The highest BCUT2D eigenvalue weighted by molar-refractivity contribution is 5.85. The molecule has 2 rings (SSSR count). The van der Waals surface area contributed by atoms with Crippen molar-refractivity contribution >= 4 is 11.0 Å². The molecule has 1 N–H and O–H groups in total. The molecule has 0 saturated heterocycles. The lowest BCUT2D eigenvalue weighted by molar-refractivity contribution is 0.502. The summed E-state index contributed by atoms with van der Waals surface area (Å²) < 4.78 is 19.6. The van der Waals surface area contributed by atoms with Crippen LogP contribution in [0.15, 0.2) is 16.5 Å². The largest absolute Gasteiger partial charge is 0.459 e. The predicted molar refractivity (Wildman–Crippen MR) is 77.0 cm³/mol. The van der Waals surface area contributed by atoms with Crippen molar-refractivity contribution < 1.29 is 8.81 Å². The van der Waals surface area contributed by atoms with Crippen LogP contribution in [-0.2, 0) is 6.54 Å². The van der Waals surface area contributed by atoms with Crippen LogP contribution in [0.3, 0.4) is 0 Å². The summed E-state index contributed by atoms with van der Waals surface area (Å²) in [4.78, 5) is 0. The van der Waals surface area contributed by atoms with Gasteiger partial charge in [0.25, 0.3) is 0 Å². The van der Waals surface area contributed by atoms with Gasteiger partial charge in [0.2, 0.25) is 0 Å². The molecule has 2 nitrogen and oxygen atoms in total. The van der Waals surface area contributed by atoms with Gasteiger partial charge in [0.05, 0.1) is 6.54 Å². The predicted octanol–water partition coefficient (Wildman–Crippen LogP) is 4.50. The van der Waals surface area contributed by atoms with Crippen molar-refractivity contribution in [2.24, 2.45) is 0 Å². The van der Waals surface area contributed by atoms with Gasteiger partial charge in [-0.25, -0.2) is 4.39 Å². The Morgan fingerprint density at radius 2 is 2.05 bits per heavy atom. The minimum atomic E-state index is -0.194. The number of rotatable bonds is 5. The zero-order chi connectivity index (χ0) is 14.0. The second-order valence-corrected chi connectivity index (χ2v) is 5.37. The average Bonchev–Trinajstić information content (AvgIpc) is 2.68. The van der Waals surface area contributed by atoms with E-state index in [1.54, 1.807) is 6.07 Å². The van der Waals surface area contributed by atoms with E-state index < -0.39 is 0 Å². The van der Waals surface area contributed by atoms with Crippen LogP contribution in [0, 0.1) is 12.7 Å². The van der Waals surface area contributed by atoms with Gasteiger partial charge >= 0.3 is 0 Å². The summed E-state index contributed by atoms with van der Waals surface area (Å²) in [5.41, 5.74) is 2.80. The Balaban J connectivity index is 2.51. The molecule has 1 heterocycles. The molecule has 0 fully saturated rings. The number of aryl methyl sites for hydroxylation is 1. The normalized spacial score (nSPS) is 11.7. The van der Waals surface area contributed by atoms with Crippen molar-refractivity contribution in [2.75, 3.05) is 6.54 Å². The zero-order valence-corrected chi connectivity index (χ0v) is 12.1. The smallest absolute Gasteiger partial charge is 0.137 e. The van der Waals surface area contributed by atoms with Gasteiger partial charge in [0.15, 0.2) is 0 Å². The third kappa shape index (κ3) is 2.81. The van der Waals surface area contributed by atoms with Gasteiger partial charge in [0.1, 0.15) is 17.2 Å². The highest BCUT2D eigenvalue weighted by Gasteiger charge is 2.18. The van der Waals surface area contributed by atoms with Crippen molar-refractivity contribution in [2.45, 2.75) is 46.6 Å². The molecule has 19 heavy (non-hydrogen) atoms. The molecule has 1 aromatic heterocycles. The fourth-order valence-electron chi connectivity index (χ4n) is 2.54. The van der Waals surface area contributed by atoms with Crippen molar-refractivity contribution in [3.05, 3.63) is 34.8 Å². The highest BCUT2D eigenvalue weighted by atomic mass is 19.1. The molecule has 0 bridgehead atoms. The minimum Gasteiger partial charge on any atom is -0.459 e. The van der Waals surface area contributed by atoms with Crippen LogP contribution in [0.25, 0.3) is 11.0 Å². The Kier molecular flexibility index (Phi) is 4.25. The standard InChI is InChI=1S/C16H22FNO/c1-5-6-18-9-14-15(10(2)3)13-8-12(17)7-11(4)16(13)19-14/h7-8,10,18H,5-6,9H2,1-4H3. The number of halogens is 1. The van der Waals surface area contributed by atoms with Crippen LogP contribution in [0.4, 0.5) is 4.39 Å². The first kappa shape index (κ1) is 14.1. The Morgan fingerprint density at radius 1 is 1.32 bits per heavy atom. The minimum absolute atomic E-state index is 0.194. The van der Waals surface area contributed by atoms with E-state index in [-0.39, 0.29) is 5.82 Å². The van der Waals surface area contributed by atoms with E-state index in [4.69, 9.17) is 4.42 Å². The fourth-order valence-corrected chi connectivity index (χ4v) is 2.54. The molecular formula is C16H22FNO. The van der Waals surface area contributed by atoms with Gasteiger partial charge < -0.3 is 9.73 Å². The number of benzene rings is 1. The molecule has 104 valence electrons. The van der Waals surface area contributed by atoms with Crippen LogP contribution in [0.2, 0.25) is 0 Å². The van der Waals surface area contributed by atoms with Gasteiger partial charge in [-0.05, 0) is 43.5 Å². The van der Waals surface area contributed by atoms with Gasteiger partial charge in [-0.1, -0.05) is 20.8 Å². The molecule has 0 unspecified atom stereocenters. The Morgan fingerprint density at radius 3 is 2.68 bits per heavy atom. The summed E-state index contributed by atoms with van der Waals surface area (Å²) in [6, 6.07) is 3.11. The third-order valence-electron chi connectivity index (χ3n) is 3.34. The van der Waals surface area contributed by atoms with E-state index in [9.17, 15) is 4.39 Å². The molecule has 1 aromatic carbocycles. The van der Waals surface area contributed by atoms with E-state index >= 15 is 0 Å². The maximum absolute atomic E-state index is 13.6. The second-order valence-electron chi connectivity index (χ2n) is 5.37. The van der Waals surface area contributed by atoms with E-state index in [0.29, 0.717) is 12.5 Å². The maximum atomic E-state index is 13.6. The van der Waals surface area contributed by atoms with Crippen LogP contribution >= 0.6 is 0 Å². The number of hydrogen-bond donors (Lipinski definition) is 1. The highest BCUT2D eigenvalue weighted by Crippen LogP contribution is 2.34. The first-order valence-corrected chi connectivity index (χ1v) is 6.96. The lowest BCUT2D eigenvalue weighted by atomic mass is 9.98. The fraction of sp³-hybridized carbons (Fsp3) is 0.500. The summed E-state index contributed by atoms with van der Waals surface area (Å²) in [6.45, 7) is 9.93. The first-order valence-electron chi connectivity index (χ1n) is 6.96. The molecule has 0 atom stereocenters. The van der Waals surface area contributed by atoms with E-state index in [1.807, 2.05) is 6.92 Å². The molecule has 0 saturated carbocycles. The number of hydrogen-bond acceptors (Lipinski definition) is 2. The van der Waals surface area contributed by atoms with Crippen molar-refractivity contribution in [3.63, 3.8) is 0 Å². The van der Waals surface area contributed by atoms with Crippen LogP contribution in [0.5, 0.6) is 0 Å². The summed E-state index contributed by atoms with van der Waals surface area (Å²) in [5, 5.41) is 4.27. The summed E-state index contributed by atoms with van der Waals surface area (Å²) >= 11 is 0. The molecule has 0 amide bonds. The van der Waals surface area contributed by atoms with Crippen LogP contribution < -0.4 is 5.32 Å². The maximum Gasteiger partial charge on any atom is 0.137 e. The van der Waals surface area contributed by atoms with E-state index in [2.05, 4.69) is 26.1 Å². The van der Waals surface area contributed by atoms with Gasteiger partial charge in [-0.3, -0.25) is 0 Å². The average molecular weight is 263 g/mol. The van der Waals surface area contributed by atoms with Crippen molar-refractivity contribution in [1.82, 2.24) is 5.32 Å². The third-order valence-corrected chi connectivity index (χ3v) is 3.34. The molecule has 3 heteroatoms. The van der Waals surface area contributed by atoms with Gasteiger partial charge in [0, 0.05) is 10.9 Å². The summed E-state index contributed by atoms with van der Waals surface area (Å²) in [6.07, 6.45) is 1.09. The summed E-state index contributed by atoms with van der Waals surface area (Å²) in [7, 11) is 0. The molecule has 0 aliphatic heterocycles. The molecule has 0 radical (unpaired) electrons. The van der Waals surface area contributed by atoms with Gasteiger partial charge in [-0.15, -0.1) is 0 Å². The topological polar surface area (TPSA) is 25.2 Å². The Bertz CT molecular complexity index is 572. The molecule has 2 aromatic rings. The number of fused-ring (bicyclic) bond motifs is 1. The van der Waals surface area contributed by atoms with Gasteiger partial charge in [-0.2, -0.15) is 0 Å². The molecule has 0 spiro atoms. The second kappa shape index (κ2) is 5.74. The molecule has 0 aliphatic carbocycles. The lowest BCUT2D eigenvalue weighted by Gasteiger charge is -2.07. The van der Waals surface area contributed by atoms with Crippen molar-refractivity contribution in [3.8, 4) is 0 Å². The monoisotopic (exact) mass is 263 g/mol. The zero-order valence-electron chi connectivity index (χ0n) is 12.1. The van der Waals surface area contributed by atoms with E-state index in [0.717, 1.165) is 40.8 Å².